The Balaban J connectivity index is 0.000000941. The Hall–Kier alpha value is -1.18. The number of hydrogen-bond donors (Lipinski definition) is 0. The molecule has 0 aliphatic heterocycles. The number of halogens is 2. The van der Waals surface area contributed by atoms with Gasteiger partial charge >= 0.3 is 0 Å². The highest BCUT2D eigenvalue weighted by Crippen LogP contribution is 2.44. The van der Waals surface area contributed by atoms with Crippen LogP contribution in [0.1, 0.15) is 115 Å². The molecule has 1 aromatic rings. The highest BCUT2D eigenvalue weighted by atomic mass is 19.2. The Morgan fingerprint density at radius 2 is 1.41 bits per heavy atom. The molecule has 0 radical (unpaired) electrons. The Labute approximate surface area is 178 Å². The van der Waals surface area contributed by atoms with Crippen molar-refractivity contribution >= 4 is 0 Å². The minimum atomic E-state index is -0.610. The van der Waals surface area contributed by atoms with Crippen molar-refractivity contribution in [1.29, 1.82) is 0 Å². The van der Waals surface area contributed by atoms with E-state index in [-0.39, 0.29) is 11.8 Å². The summed E-state index contributed by atoms with van der Waals surface area (Å²) in [5, 5.41) is 0. The lowest BCUT2D eigenvalue weighted by molar-refractivity contribution is 0.170. The van der Waals surface area contributed by atoms with Crippen LogP contribution < -0.4 is 0 Å². The largest absolute Gasteiger partial charge is 0.203 e. The summed E-state index contributed by atoms with van der Waals surface area (Å²) in [4.78, 5) is 0. The number of rotatable bonds is 5. The minimum absolute atomic E-state index is 0.0694. The number of benzene rings is 1. The van der Waals surface area contributed by atoms with E-state index in [1.54, 1.807) is 0 Å². The molecule has 2 fully saturated rings. The van der Waals surface area contributed by atoms with Gasteiger partial charge in [0.15, 0.2) is 11.6 Å². The van der Waals surface area contributed by atoms with E-state index in [2.05, 4.69) is 26.5 Å². The highest BCUT2D eigenvalue weighted by Gasteiger charge is 2.32. The third-order valence-corrected chi connectivity index (χ3v) is 7.31. The summed E-state index contributed by atoms with van der Waals surface area (Å²) < 4.78 is 29.2. The Morgan fingerprint density at radius 3 is 1.90 bits per heavy atom. The van der Waals surface area contributed by atoms with Crippen molar-refractivity contribution in [3.63, 3.8) is 0 Å². The van der Waals surface area contributed by atoms with Crippen LogP contribution in [0.2, 0.25) is 0 Å². The van der Waals surface area contributed by atoms with Gasteiger partial charge in [-0.15, -0.1) is 6.58 Å². The molecule has 0 N–H and O–H groups in total. The van der Waals surface area contributed by atoms with Gasteiger partial charge in [0.2, 0.25) is 0 Å². The highest BCUT2D eigenvalue weighted by molar-refractivity contribution is 5.31. The van der Waals surface area contributed by atoms with E-state index in [0.29, 0.717) is 17.0 Å². The van der Waals surface area contributed by atoms with E-state index in [0.717, 1.165) is 31.1 Å². The normalized spacial score (nSPS) is 28.2. The van der Waals surface area contributed by atoms with E-state index in [1.807, 2.05) is 26.0 Å². The van der Waals surface area contributed by atoms with Crippen molar-refractivity contribution in [2.24, 2.45) is 17.8 Å². The maximum atomic E-state index is 14.7. The third-order valence-electron chi connectivity index (χ3n) is 7.31. The molecule has 1 unspecified atom stereocenters. The van der Waals surface area contributed by atoms with Gasteiger partial charge in [-0.25, -0.2) is 8.78 Å². The average Bonchev–Trinajstić information content (AvgIpc) is 2.76. The van der Waals surface area contributed by atoms with Crippen molar-refractivity contribution in [3.8, 4) is 0 Å². The molecule has 2 saturated carbocycles. The van der Waals surface area contributed by atoms with Crippen molar-refractivity contribution in [1.82, 2.24) is 0 Å². The molecule has 29 heavy (non-hydrogen) atoms. The molecule has 0 aromatic heterocycles. The molecular formula is C27H42F2. The Kier molecular flexibility index (Phi) is 9.86. The fraction of sp³-hybridized carbons (Fsp3) is 0.704. The standard InChI is InChI=1S/C24H34F2.C3H8/c1-4-16(3)21-14-15-22(24(26)23(21)25)20-12-10-19(11-13-20)18-8-6-17(5-2)7-9-18;1-3-2/h5,14-20H,2,4,6-13H2,1,3H3;3H2,1-2H3. The number of hydrogen-bond acceptors (Lipinski definition) is 0. The van der Waals surface area contributed by atoms with Crippen LogP contribution in [-0.4, -0.2) is 0 Å². The summed E-state index contributed by atoms with van der Waals surface area (Å²) in [7, 11) is 0. The molecule has 3 rings (SSSR count). The first-order chi connectivity index (χ1) is 14.0. The maximum absolute atomic E-state index is 14.7. The molecule has 1 atom stereocenters. The molecule has 0 bridgehead atoms. The van der Waals surface area contributed by atoms with Gasteiger partial charge in [-0.1, -0.05) is 52.3 Å². The van der Waals surface area contributed by atoms with Gasteiger partial charge in [-0.2, -0.15) is 0 Å². The molecular weight excluding hydrogens is 362 g/mol. The van der Waals surface area contributed by atoms with Crippen LogP contribution in [0.15, 0.2) is 24.8 Å². The van der Waals surface area contributed by atoms with Crippen LogP contribution in [0.4, 0.5) is 8.78 Å². The first kappa shape index (κ1) is 24.1. The fourth-order valence-corrected chi connectivity index (χ4v) is 5.25. The van der Waals surface area contributed by atoms with Gasteiger partial charge in [0.25, 0.3) is 0 Å². The van der Waals surface area contributed by atoms with Gasteiger partial charge in [-0.3, -0.25) is 0 Å². The zero-order valence-corrected chi connectivity index (χ0v) is 19.2. The molecule has 0 nitrogen and oxygen atoms in total. The summed E-state index contributed by atoms with van der Waals surface area (Å²) >= 11 is 0. The molecule has 0 amide bonds. The average molecular weight is 405 g/mol. The fourth-order valence-electron chi connectivity index (χ4n) is 5.25. The van der Waals surface area contributed by atoms with Gasteiger partial charge in [-0.05, 0) is 98.5 Å². The van der Waals surface area contributed by atoms with Crippen LogP contribution in [0.5, 0.6) is 0 Å². The number of allylic oxidation sites excluding steroid dienone is 1. The van der Waals surface area contributed by atoms with Crippen LogP contribution >= 0.6 is 0 Å². The predicted molar refractivity (Wildman–Crippen MR) is 121 cm³/mol. The molecule has 2 heteroatoms. The SMILES string of the molecule is C=CC1CCC(C2CCC(c3ccc(C(C)CC)c(F)c3F)CC2)CC1.CCC. The third kappa shape index (κ3) is 6.15. The van der Waals surface area contributed by atoms with Crippen LogP contribution in [0.3, 0.4) is 0 Å². The second-order valence-electron chi connectivity index (χ2n) is 9.41. The van der Waals surface area contributed by atoms with Crippen LogP contribution in [-0.2, 0) is 0 Å². The first-order valence-corrected chi connectivity index (χ1v) is 12.1. The van der Waals surface area contributed by atoms with Crippen molar-refractivity contribution in [3.05, 3.63) is 47.5 Å². The van der Waals surface area contributed by atoms with Crippen molar-refractivity contribution in [2.75, 3.05) is 0 Å². The molecule has 2 aliphatic rings. The first-order valence-electron chi connectivity index (χ1n) is 12.1. The van der Waals surface area contributed by atoms with E-state index < -0.39 is 11.6 Å². The lowest BCUT2D eigenvalue weighted by atomic mass is 9.68. The van der Waals surface area contributed by atoms with Gasteiger partial charge in [0.1, 0.15) is 0 Å². The summed E-state index contributed by atoms with van der Waals surface area (Å²) in [5.74, 6) is 1.39. The molecule has 164 valence electrons. The smallest absolute Gasteiger partial charge is 0.162 e. The molecule has 2 aliphatic carbocycles. The zero-order chi connectivity index (χ0) is 21.4. The van der Waals surface area contributed by atoms with Gasteiger partial charge in [0, 0.05) is 0 Å². The van der Waals surface area contributed by atoms with E-state index >= 15 is 0 Å². The summed E-state index contributed by atoms with van der Waals surface area (Å²) in [6.45, 7) is 12.2. The molecule has 0 saturated heterocycles. The maximum Gasteiger partial charge on any atom is 0.162 e. The van der Waals surface area contributed by atoms with E-state index in [1.165, 1.54) is 44.9 Å². The Bertz CT molecular complexity index is 620. The van der Waals surface area contributed by atoms with Crippen LogP contribution in [0.25, 0.3) is 0 Å². The molecule has 0 spiro atoms. The zero-order valence-electron chi connectivity index (χ0n) is 19.2. The van der Waals surface area contributed by atoms with Gasteiger partial charge < -0.3 is 0 Å². The topological polar surface area (TPSA) is 0 Å². The van der Waals surface area contributed by atoms with Crippen molar-refractivity contribution < 1.29 is 8.78 Å². The lowest BCUT2D eigenvalue weighted by Gasteiger charge is -2.37. The second kappa shape index (κ2) is 11.9. The van der Waals surface area contributed by atoms with Crippen molar-refractivity contribution in [2.45, 2.75) is 104 Å². The predicted octanol–water partition coefficient (Wildman–Crippen LogP) is 9.16. The Morgan fingerprint density at radius 1 is 0.897 bits per heavy atom. The molecule has 0 heterocycles. The lowest BCUT2D eigenvalue weighted by Crippen LogP contribution is -2.25. The summed E-state index contributed by atoms with van der Waals surface area (Å²) in [6.07, 6.45) is 13.7. The van der Waals surface area contributed by atoms with Gasteiger partial charge in [0.05, 0.1) is 0 Å². The minimum Gasteiger partial charge on any atom is -0.203 e. The summed E-state index contributed by atoms with van der Waals surface area (Å²) in [6, 6.07) is 3.69. The van der Waals surface area contributed by atoms with E-state index in [9.17, 15) is 8.78 Å². The quantitative estimate of drug-likeness (QED) is 0.429. The summed E-state index contributed by atoms with van der Waals surface area (Å²) in [5.41, 5.74) is 1.14. The second-order valence-corrected chi connectivity index (χ2v) is 9.41. The monoisotopic (exact) mass is 404 g/mol. The van der Waals surface area contributed by atoms with E-state index in [4.69, 9.17) is 0 Å². The van der Waals surface area contributed by atoms with Crippen LogP contribution in [0, 0.1) is 29.4 Å². The molecule has 1 aromatic carbocycles.